The smallest absolute Gasteiger partial charge is 0.250 e. The fourth-order valence-electron chi connectivity index (χ4n) is 2.21. The minimum absolute atomic E-state index is 0.00489. The third-order valence-electron chi connectivity index (χ3n) is 4.69. The average Bonchev–Trinajstić information content (AvgIpc) is 2.49. The van der Waals surface area contributed by atoms with E-state index in [9.17, 15) is 10.2 Å². The molecule has 5 heteroatoms. The van der Waals surface area contributed by atoms with Crippen molar-refractivity contribution in [1.82, 2.24) is 0 Å². The zero-order chi connectivity index (χ0) is 18.1. The Bertz CT molecular complexity index is 736. The van der Waals surface area contributed by atoms with Crippen LogP contribution in [-0.2, 0) is 6.61 Å². The van der Waals surface area contributed by atoms with Crippen LogP contribution in [0.15, 0.2) is 36.4 Å². The Morgan fingerprint density at radius 2 is 1.71 bits per heavy atom. The van der Waals surface area contributed by atoms with Crippen LogP contribution in [0.3, 0.4) is 0 Å². The quantitative estimate of drug-likeness (QED) is 0.695. The monoisotopic (exact) mass is 364 g/mol. The summed E-state index contributed by atoms with van der Waals surface area (Å²) in [6.45, 7) is 10.6. The van der Waals surface area contributed by atoms with Crippen molar-refractivity contribution in [2.75, 3.05) is 0 Å². The van der Waals surface area contributed by atoms with Gasteiger partial charge >= 0.3 is 0 Å². The number of rotatable bonds is 4. The predicted molar refractivity (Wildman–Crippen MR) is 102 cm³/mol. The molecule has 2 N–H and O–H groups in total. The molecule has 0 aliphatic carbocycles. The SMILES string of the molecule is CC(C)(C)[Si](C)(C)Oc1cc(Cl)cc(-c2ccccc2CO)c1O. The van der Waals surface area contributed by atoms with Crippen LogP contribution in [0.5, 0.6) is 11.5 Å². The summed E-state index contributed by atoms with van der Waals surface area (Å²) in [7, 11) is -2.11. The van der Waals surface area contributed by atoms with Crippen LogP contribution in [0.25, 0.3) is 11.1 Å². The maximum atomic E-state index is 10.8. The van der Waals surface area contributed by atoms with Gasteiger partial charge in [0.2, 0.25) is 0 Å². The highest BCUT2D eigenvalue weighted by Crippen LogP contribution is 2.45. The van der Waals surface area contributed by atoms with E-state index in [1.807, 2.05) is 24.3 Å². The Morgan fingerprint density at radius 3 is 2.29 bits per heavy atom. The number of hydrogen-bond donors (Lipinski definition) is 2. The van der Waals surface area contributed by atoms with Crippen LogP contribution < -0.4 is 4.43 Å². The fraction of sp³-hybridized carbons (Fsp3) is 0.368. The van der Waals surface area contributed by atoms with Crippen LogP contribution in [0.2, 0.25) is 23.2 Å². The number of phenols is 1. The van der Waals surface area contributed by atoms with E-state index in [1.165, 1.54) is 0 Å². The normalized spacial score (nSPS) is 12.3. The summed E-state index contributed by atoms with van der Waals surface area (Å²) in [5, 5.41) is 20.8. The first-order valence-corrected chi connectivity index (χ1v) is 11.3. The molecule has 0 fully saturated rings. The zero-order valence-corrected chi connectivity index (χ0v) is 16.6. The van der Waals surface area contributed by atoms with Crippen molar-refractivity contribution in [2.24, 2.45) is 0 Å². The summed E-state index contributed by atoms with van der Waals surface area (Å²) in [4.78, 5) is 0. The fourth-order valence-corrected chi connectivity index (χ4v) is 3.43. The van der Waals surface area contributed by atoms with E-state index >= 15 is 0 Å². The van der Waals surface area contributed by atoms with Crippen LogP contribution >= 0.6 is 11.6 Å². The van der Waals surface area contributed by atoms with Crippen LogP contribution in [0, 0.1) is 0 Å². The molecule has 0 saturated carbocycles. The predicted octanol–water partition coefficient (Wildman–Crippen LogP) is 5.59. The first kappa shape index (κ1) is 18.8. The van der Waals surface area contributed by atoms with Gasteiger partial charge in [-0.3, -0.25) is 0 Å². The van der Waals surface area contributed by atoms with Crippen LogP contribution in [0.4, 0.5) is 0 Å². The van der Waals surface area contributed by atoms with Gasteiger partial charge in [-0.2, -0.15) is 0 Å². The van der Waals surface area contributed by atoms with E-state index in [4.69, 9.17) is 16.0 Å². The summed E-state index contributed by atoms with van der Waals surface area (Å²) in [5.74, 6) is 0.460. The zero-order valence-electron chi connectivity index (χ0n) is 14.9. The minimum atomic E-state index is -2.11. The molecule has 130 valence electrons. The molecule has 0 saturated heterocycles. The Morgan fingerprint density at radius 1 is 1.08 bits per heavy atom. The second-order valence-corrected chi connectivity index (χ2v) is 12.6. The Labute approximate surface area is 150 Å². The second kappa shape index (κ2) is 6.79. The Balaban J connectivity index is 2.56. The summed E-state index contributed by atoms with van der Waals surface area (Å²) in [5.41, 5.74) is 2.05. The van der Waals surface area contributed by atoms with Gasteiger partial charge in [0.25, 0.3) is 8.32 Å². The van der Waals surface area contributed by atoms with Crippen LogP contribution in [-0.4, -0.2) is 18.5 Å². The lowest BCUT2D eigenvalue weighted by atomic mass is 9.99. The van der Waals surface area contributed by atoms with E-state index in [0.717, 1.165) is 11.1 Å². The first-order chi connectivity index (χ1) is 11.1. The van der Waals surface area contributed by atoms with Crippen molar-refractivity contribution in [2.45, 2.75) is 45.5 Å². The summed E-state index contributed by atoms with van der Waals surface area (Å²) in [6, 6.07) is 10.7. The van der Waals surface area contributed by atoms with Crippen molar-refractivity contribution in [3.8, 4) is 22.6 Å². The summed E-state index contributed by atoms with van der Waals surface area (Å²) < 4.78 is 6.26. The largest absolute Gasteiger partial charge is 0.541 e. The van der Waals surface area contributed by atoms with Gasteiger partial charge in [-0.15, -0.1) is 0 Å². The van der Waals surface area contributed by atoms with E-state index in [1.54, 1.807) is 12.1 Å². The first-order valence-electron chi connectivity index (χ1n) is 7.97. The number of hydrogen-bond acceptors (Lipinski definition) is 3. The maximum absolute atomic E-state index is 10.8. The lowest BCUT2D eigenvalue weighted by molar-refractivity contribution is 0.282. The molecule has 0 radical (unpaired) electrons. The molecule has 0 heterocycles. The highest BCUT2D eigenvalue weighted by Gasteiger charge is 2.39. The van der Waals surface area contributed by atoms with E-state index in [-0.39, 0.29) is 17.4 Å². The summed E-state index contributed by atoms with van der Waals surface area (Å²) >= 11 is 6.27. The highest BCUT2D eigenvalue weighted by atomic mass is 35.5. The van der Waals surface area contributed by atoms with Crippen molar-refractivity contribution in [3.05, 3.63) is 47.0 Å². The highest BCUT2D eigenvalue weighted by molar-refractivity contribution is 6.74. The maximum Gasteiger partial charge on any atom is 0.250 e. The third kappa shape index (κ3) is 3.77. The molecule has 0 aromatic heterocycles. The average molecular weight is 365 g/mol. The molecule has 0 aliphatic heterocycles. The lowest BCUT2D eigenvalue weighted by Crippen LogP contribution is -2.43. The number of aromatic hydroxyl groups is 1. The molecule has 0 spiro atoms. The molecule has 0 atom stereocenters. The van der Waals surface area contributed by atoms with Crippen molar-refractivity contribution in [3.63, 3.8) is 0 Å². The molecule has 0 aliphatic rings. The Hall–Kier alpha value is -1.49. The van der Waals surface area contributed by atoms with E-state index < -0.39 is 8.32 Å². The number of phenolic OH excluding ortho intramolecular Hbond substituents is 1. The second-order valence-electron chi connectivity index (χ2n) is 7.48. The molecule has 2 aromatic carbocycles. The van der Waals surface area contributed by atoms with Gasteiger partial charge in [0.15, 0.2) is 5.75 Å². The molecule has 0 amide bonds. The molecule has 2 aromatic rings. The standard InChI is InChI=1S/C19H25ClO3Si/c1-19(2,3)24(4,5)23-17-11-14(20)10-16(18(17)22)15-9-7-6-8-13(15)12-21/h6-11,21-22H,12H2,1-5H3. The number of benzene rings is 2. The van der Waals surface area contributed by atoms with Crippen molar-refractivity contribution in [1.29, 1.82) is 0 Å². The molecule has 24 heavy (non-hydrogen) atoms. The topological polar surface area (TPSA) is 49.7 Å². The van der Waals surface area contributed by atoms with Crippen LogP contribution in [0.1, 0.15) is 26.3 Å². The van der Waals surface area contributed by atoms with Gasteiger partial charge in [-0.05, 0) is 35.3 Å². The molecule has 2 rings (SSSR count). The van der Waals surface area contributed by atoms with E-state index in [0.29, 0.717) is 16.3 Å². The molecule has 3 nitrogen and oxygen atoms in total. The van der Waals surface area contributed by atoms with Crippen molar-refractivity contribution >= 4 is 19.9 Å². The Kier molecular flexibility index (Phi) is 5.33. The van der Waals surface area contributed by atoms with Gasteiger partial charge in [0.1, 0.15) is 5.75 Å². The van der Waals surface area contributed by atoms with Gasteiger partial charge in [0, 0.05) is 16.7 Å². The lowest BCUT2D eigenvalue weighted by Gasteiger charge is -2.36. The van der Waals surface area contributed by atoms with E-state index in [2.05, 4.69) is 33.9 Å². The molecular formula is C19H25ClO3Si. The van der Waals surface area contributed by atoms with Crippen molar-refractivity contribution < 1.29 is 14.6 Å². The van der Waals surface area contributed by atoms with Gasteiger partial charge in [-0.25, -0.2) is 0 Å². The van der Waals surface area contributed by atoms with Gasteiger partial charge in [0.05, 0.1) is 6.61 Å². The third-order valence-corrected chi connectivity index (χ3v) is 9.25. The number of aliphatic hydroxyl groups is 1. The minimum Gasteiger partial charge on any atom is -0.541 e. The van der Waals surface area contributed by atoms with Gasteiger partial charge < -0.3 is 14.6 Å². The number of aliphatic hydroxyl groups excluding tert-OH is 1. The van der Waals surface area contributed by atoms with Gasteiger partial charge in [-0.1, -0.05) is 56.6 Å². The molecule has 0 bridgehead atoms. The molecular weight excluding hydrogens is 340 g/mol. The number of halogens is 1. The summed E-state index contributed by atoms with van der Waals surface area (Å²) in [6.07, 6.45) is 0. The molecule has 0 unspecified atom stereocenters.